The lowest BCUT2D eigenvalue weighted by Gasteiger charge is -2.11. The fourth-order valence-electron chi connectivity index (χ4n) is 4.07. The maximum Gasteiger partial charge on any atom is 0.248 e. The van der Waals surface area contributed by atoms with Crippen LogP contribution >= 0.6 is 0 Å². The molecular weight excluding hydrogens is 481 g/mol. The van der Waals surface area contributed by atoms with E-state index in [1.54, 1.807) is 30.0 Å². The highest BCUT2D eigenvalue weighted by atomic mass is 19.1. The van der Waals surface area contributed by atoms with Gasteiger partial charge in [0.1, 0.15) is 17.3 Å². The first kappa shape index (κ1) is 26.0. The first-order chi connectivity index (χ1) is 17.7. The zero-order chi connectivity index (χ0) is 26.7. The molecule has 0 atom stereocenters. The molecule has 1 amide bonds. The summed E-state index contributed by atoms with van der Waals surface area (Å²) in [5, 5.41) is 3.30. The Kier molecular flexibility index (Phi) is 7.63. The van der Waals surface area contributed by atoms with Gasteiger partial charge in [-0.15, -0.1) is 0 Å². The van der Waals surface area contributed by atoms with E-state index < -0.39 is 17.5 Å². The molecule has 4 aromatic rings. The molecule has 1 N–H and O–H groups in total. The standard InChI is InChI=1S/C28H27F3N4O2/c1-5-34(2)10-6-7-26(36)33-19-8-9-24(30)20(14-19)17-11-22-23(16-35(3)28(22)32-15-17)21-12-18(29)13-25(31)27(21)37-4/h6-9,11-16H,5,10H2,1-4H3,(H,33,36). The monoisotopic (exact) mass is 508 g/mol. The van der Waals surface area contributed by atoms with E-state index in [-0.39, 0.29) is 22.8 Å². The fourth-order valence-corrected chi connectivity index (χ4v) is 4.07. The summed E-state index contributed by atoms with van der Waals surface area (Å²) in [5.41, 5.74) is 2.30. The second kappa shape index (κ2) is 10.9. The van der Waals surface area contributed by atoms with Crippen LogP contribution in [0.3, 0.4) is 0 Å². The molecular formula is C28H27F3N4O2. The molecule has 0 aliphatic rings. The Morgan fingerprint density at radius 2 is 1.89 bits per heavy atom. The molecule has 0 saturated carbocycles. The minimum absolute atomic E-state index is 0.103. The molecule has 0 saturated heterocycles. The highest BCUT2D eigenvalue weighted by molar-refractivity contribution is 6.00. The number of aryl methyl sites for hydroxylation is 1. The van der Waals surface area contributed by atoms with Crippen LogP contribution in [0.4, 0.5) is 18.9 Å². The smallest absolute Gasteiger partial charge is 0.248 e. The average Bonchev–Trinajstić information content (AvgIpc) is 3.20. The summed E-state index contributed by atoms with van der Waals surface area (Å²) in [7, 11) is 5.00. The van der Waals surface area contributed by atoms with Gasteiger partial charge >= 0.3 is 0 Å². The molecule has 37 heavy (non-hydrogen) atoms. The van der Waals surface area contributed by atoms with Crippen molar-refractivity contribution >= 4 is 22.6 Å². The molecule has 9 heteroatoms. The number of pyridine rings is 1. The van der Waals surface area contributed by atoms with E-state index in [0.717, 1.165) is 12.6 Å². The molecule has 6 nitrogen and oxygen atoms in total. The lowest BCUT2D eigenvalue weighted by Crippen LogP contribution is -2.17. The van der Waals surface area contributed by atoms with Crippen LogP contribution in [0.2, 0.25) is 0 Å². The van der Waals surface area contributed by atoms with Crippen molar-refractivity contribution in [1.82, 2.24) is 14.5 Å². The zero-order valence-corrected chi connectivity index (χ0v) is 21.0. The van der Waals surface area contributed by atoms with Crippen LogP contribution in [0.15, 0.2) is 60.9 Å². The van der Waals surface area contributed by atoms with Gasteiger partial charge in [0.05, 0.1) is 7.11 Å². The number of amides is 1. The topological polar surface area (TPSA) is 59.4 Å². The number of fused-ring (bicyclic) bond motifs is 1. The van der Waals surface area contributed by atoms with Crippen molar-refractivity contribution in [2.45, 2.75) is 6.92 Å². The third kappa shape index (κ3) is 5.51. The van der Waals surface area contributed by atoms with Crippen LogP contribution in [-0.2, 0) is 11.8 Å². The SMILES string of the molecule is CCN(C)CC=CC(=O)Nc1ccc(F)c(-c2cnc3c(c2)c(-c2cc(F)cc(F)c2OC)cn3C)c1. The largest absolute Gasteiger partial charge is 0.493 e. The first-order valence-electron chi connectivity index (χ1n) is 11.7. The van der Waals surface area contributed by atoms with E-state index in [1.165, 1.54) is 43.6 Å². The minimum atomic E-state index is -0.830. The Bertz CT molecular complexity index is 1500. The fraction of sp³-hybridized carbons (Fsp3) is 0.214. The number of methoxy groups -OCH3 is 1. The average molecular weight is 509 g/mol. The number of nitrogens with zero attached hydrogens (tertiary/aromatic N) is 3. The Morgan fingerprint density at radius 1 is 1.11 bits per heavy atom. The highest BCUT2D eigenvalue weighted by Crippen LogP contribution is 2.39. The summed E-state index contributed by atoms with van der Waals surface area (Å²) in [6, 6.07) is 7.90. The Labute approximate surface area is 213 Å². The Balaban J connectivity index is 1.73. The summed E-state index contributed by atoms with van der Waals surface area (Å²) >= 11 is 0. The van der Waals surface area contributed by atoms with E-state index in [9.17, 15) is 18.0 Å². The van der Waals surface area contributed by atoms with Gasteiger partial charge in [0.2, 0.25) is 5.91 Å². The van der Waals surface area contributed by atoms with Gasteiger partial charge in [0, 0.05) is 71.5 Å². The van der Waals surface area contributed by atoms with Gasteiger partial charge in [-0.05, 0) is 43.9 Å². The van der Waals surface area contributed by atoms with Crippen molar-refractivity contribution in [2.24, 2.45) is 7.05 Å². The van der Waals surface area contributed by atoms with E-state index in [4.69, 9.17) is 4.74 Å². The molecule has 2 aromatic heterocycles. The van der Waals surface area contributed by atoms with Gasteiger partial charge < -0.3 is 19.5 Å². The Hall–Kier alpha value is -4.11. The van der Waals surface area contributed by atoms with Crippen LogP contribution in [0.25, 0.3) is 33.3 Å². The summed E-state index contributed by atoms with van der Waals surface area (Å²) in [4.78, 5) is 18.8. The third-order valence-corrected chi connectivity index (χ3v) is 6.09. The highest BCUT2D eigenvalue weighted by Gasteiger charge is 2.19. The Morgan fingerprint density at radius 3 is 2.62 bits per heavy atom. The number of hydrogen-bond donors (Lipinski definition) is 1. The number of carbonyl (C=O) groups excluding carboxylic acids is 1. The molecule has 0 fully saturated rings. The van der Waals surface area contributed by atoms with Gasteiger partial charge in [0.25, 0.3) is 0 Å². The second-order valence-electron chi connectivity index (χ2n) is 8.66. The molecule has 2 aromatic carbocycles. The molecule has 0 aliphatic carbocycles. The van der Waals surface area contributed by atoms with Gasteiger partial charge in [-0.2, -0.15) is 0 Å². The molecule has 0 spiro atoms. The lowest BCUT2D eigenvalue weighted by atomic mass is 10.0. The van der Waals surface area contributed by atoms with Crippen molar-refractivity contribution in [3.63, 3.8) is 0 Å². The molecule has 192 valence electrons. The van der Waals surface area contributed by atoms with Crippen molar-refractivity contribution < 1.29 is 22.7 Å². The van der Waals surface area contributed by atoms with Gasteiger partial charge in [0.15, 0.2) is 11.6 Å². The number of anilines is 1. The summed E-state index contributed by atoms with van der Waals surface area (Å²) in [5.74, 6) is -2.52. The van der Waals surface area contributed by atoms with E-state index in [0.29, 0.717) is 34.4 Å². The minimum Gasteiger partial charge on any atom is -0.493 e. The number of benzene rings is 2. The first-order valence-corrected chi connectivity index (χ1v) is 11.7. The molecule has 4 rings (SSSR count). The number of halogens is 3. The number of ether oxygens (including phenoxy) is 1. The maximum atomic E-state index is 14.9. The molecule has 0 bridgehead atoms. The summed E-state index contributed by atoms with van der Waals surface area (Å²) in [6.45, 7) is 3.50. The van der Waals surface area contributed by atoms with E-state index in [2.05, 4.69) is 10.3 Å². The number of rotatable bonds is 8. The number of hydrogen-bond acceptors (Lipinski definition) is 4. The van der Waals surface area contributed by atoms with Crippen molar-refractivity contribution in [1.29, 1.82) is 0 Å². The number of aromatic nitrogens is 2. The van der Waals surface area contributed by atoms with Crippen LogP contribution in [0, 0.1) is 17.5 Å². The lowest BCUT2D eigenvalue weighted by molar-refractivity contribution is -0.111. The van der Waals surface area contributed by atoms with Crippen molar-refractivity contribution in [2.75, 3.05) is 32.6 Å². The third-order valence-electron chi connectivity index (χ3n) is 6.09. The van der Waals surface area contributed by atoms with Crippen LogP contribution in [-0.4, -0.2) is 47.6 Å². The molecule has 0 unspecified atom stereocenters. The van der Waals surface area contributed by atoms with Gasteiger partial charge in [-0.3, -0.25) is 4.79 Å². The quantitative estimate of drug-likeness (QED) is 0.307. The van der Waals surface area contributed by atoms with Crippen molar-refractivity contribution in [3.8, 4) is 28.0 Å². The van der Waals surface area contributed by atoms with Crippen LogP contribution in [0.1, 0.15) is 6.92 Å². The zero-order valence-electron chi connectivity index (χ0n) is 21.0. The number of likely N-dealkylation sites (N-methyl/N-ethyl adjacent to an activating group) is 1. The molecule has 0 aliphatic heterocycles. The maximum absolute atomic E-state index is 14.9. The van der Waals surface area contributed by atoms with Crippen LogP contribution < -0.4 is 10.1 Å². The predicted octanol–water partition coefficient (Wildman–Crippen LogP) is 5.78. The van der Waals surface area contributed by atoms with Crippen molar-refractivity contribution in [3.05, 3.63) is 78.4 Å². The number of carbonyl (C=O) groups is 1. The normalized spacial score (nSPS) is 11.6. The molecule has 2 heterocycles. The van der Waals surface area contributed by atoms with E-state index in [1.807, 2.05) is 18.9 Å². The van der Waals surface area contributed by atoms with Crippen LogP contribution in [0.5, 0.6) is 5.75 Å². The van der Waals surface area contributed by atoms with Gasteiger partial charge in [-0.25, -0.2) is 18.2 Å². The van der Waals surface area contributed by atoms with Gasteiger partial charge in [-0.1, -0.05) is 13.0 Å². The number of nitrogens with one attached hydrogen (secondary N) is 1. The summed E-state index contributed by atoms with van der Waals surface area (Å²) < 4.78 is 50.3. The molecule has 0 radical (unpaired) electrons. The summed E-state index contributed by atoms with van der Waals surface area (Å²) in [6.07, 6.45) is 6.39. The predicted molar refractivity (Wildman–Crippen MR) is 139 cm³/mol. The van der Waals surface area contributed by atoms with E-state index >= 15 is 0 Å². The second-order valence-corrected chi connectivity index (χ2v) is 8.66.